The summed E-state index contributed by atoms with van der Waals surface area (Å²) in [6.45, 7) is 4.44. The van der Waals surface area contributed by atoms with Gasteiger partial charge in [-0.3, -0.25) is 14.3 Å². The van der Waals surface area contributed by atoms with E-state index in [1.165, 1.54) is 16.3 Å². The van der Waals surface area contributed by atoms with Crippen molar-refractivity contribution in [1.82, 2.24) is 14.5 Å². The third-order valence-electron chi connectivity index (χ3n) is 7.28. The molecule has 0 unspecified atom stereocenters. The number of rotatable bonds is 3. The highest BCUT2D eigenvalue weighted by atomic mass is 32.2. The third-order valence-corrected chi connectivity index (χ3v) is 8.52. The van der Waals surface area contributed by atoms with Gasteiger partial charge in [-0.2, -0.15) is 18.2 Å². The van der Waals surface area contributed by atoms with E-state index in [0.29, 0.717) is 43.2 Å². The number of piperidine rings is 1. The largest absolute Gasteiger partial charge is 0.393 e. The van der Waals surface area contributed by atoms with E-state index in [0.717, 1.165) is 10.6 Å². The summed E-state index contributed by atoms with van der Waals surface area (Å²) in [7, 11) is 1.64. The minimum absolute atomic E-state index is 0.130. The lowest BCUT2D eigenvalue weighted by Gasteiger charge is -2.43. The molecule has 2 fully saturated rings. The molecule has 1 aliphatic heterocycles. The first-order valence-corrected chi connectivity index (χ1v) is 11.8. The van der Waals surface area contributed by atoms with Gasteiger partial charge in [-0.15, -0.1) is 0 Å². The van der Waals surface area contributed by atoms with Crippen LogP contribution in [0.1, 0.15) is 31.9 Å². The number of alkyl halides is 3. The number of aromatic nitrogens is 3. The lowest BCUT2D eigenvalue weighted by atomic mass is 9.73. The molecule has 0 radical (unpaired) electrons. The van der Waals surface area contributed by atoms with E-state index in [-0.39, 0.29) is 11.4 Å². The van der Waals surface area contributed by atoms with Gasteiger partial charge in [0.15, 0.2) is 0 Å². The first kappa shape index (κ1) is 23.9. The maximum Gasteiger partial charge on any atom is 0.393 e. The molecule has 1 aliphatic carbocycles. The molecule has 1 spiro atoms. The molecule has 0 aromatic carbocycles. The standard InChI is InChI=1S/C22H29F3N6OS/c1-12-11-21(17(26)15(12)22(23,24)25)6-9-31(10-7-21)20-29-18(27)16(19(32)30(20)3)33-14-5-4-8-28-13(14)2/h4-5,8,12,15,17H,6-7,9-11,26-27H2,1-3H3/t12-,15+,17+/m0/s1. The van der Waals surface area contributed by atoms with Gasteiger partial charge in [0.05, 0.1) is 11.6 Å². The number of pyridine rings is 1. The average molecular weight is 483 g/mol. The van der Waals surface area contributed by atoms with E-state index in [1.54, 1.807) is 26.2 Å². The van der Waals surface area contributed by atoms with Crippen molar-refractivity contribution in [3.05, 3.63) is 34.4 Å². The fourth-order valence-electron chi connectivity index (χ4n) is 5.51. The predicted octanol–water partition coefficient (Wildman–Crippen LogP) is 3.35. The Hall–Kier alpha value is -2.27. The molecule has 1 saturated heterocycles. The number of hydrogen-bond acceptors (Lipinski definition) is 7. The van der Waals surface area contributed by atoms with Crippen LogP contribution in [0.4, 0.5) is 24.9 Å². The molecule has 0 amide bonds. The van der Waals surface area contributed by atoms with Crippen LogP contribution in [0.3, 0.4) is 0 Å². The van der Waals surface area contributed by atoms with Gasteiger partial charge in [0.2, 0.25) is 5.95 Å². The summed E-state index contributed by atoms with van der Waals surface area (Å²) in [6.07, 6.45) is -1.11. The molecule has 2 aromatic heterocycles. The second-order valence-electron chi connectivity index (χ2n) is 9.30. The Balaban J connectivity index is 1.55. The molecule has 180 valence electrons. The molecule has 3 heterocycles. The van der Waals surface area contributed by atoms with E-state index in [9.17, 15) is 18.0 Å². The van der Waals surface area contributed by atoms with Crippen LogP contribution < -0.4 is 21.9 Å². The summed E-state index contributed by atoms with van der Waals surface area (Å²) in [4.78, 5) is 24.9. The zero-order valence-electron chi connectivity index (χ0n) is 18.9. The highest BCUT2D eigenvalue weighted by molar-refractivity contribution is 7.99. The molecule has 11 heteroatoms. The van der Waals surface area contributed by atoms with Gasteiger partial charge in [0.1, 0.15) is 10.7 Å². The maximum absolute atomic E-state index is 13.5. The van der Waals surface area contributed by atoms with Crippen LogP contribution in [0.15, 0.2) is 32.9 Å². The zero-order valence-corrected chi connectivity index (χ0v) is 19.7. The van der Waals surface area contributed by atoms with Crippen LogP contribution in [0.5, 0.6) is 0 Å². The Labute approximate surface area is 194 Å². The molecule has 1 saturated carbocycles. The monoisotopic (exact) mass is 482 g/mol. The second kappa shape index (κ2) is 8.50. The van der Waals surface area contributed by atoms with Gasteiger partial charge >= 0.3 is 6.18 Å². The van der Waals surface area contributed by atoms with Crippen molar-refractivity contribution in [1.29, 1.82) is 0 Å². The molecule has 2 aromatic rings. The van der Waals surface area contributed by atoms with Gasteiger partial charge in [-0.05, 0) is 49.7 Å². The Morgan fingerprint density at radius 3 is 2.52 bits per heavy atom. The summed E-state index contributed by atoms with van der Waals surface area (Å²) in [5, 5.41) is 0. The molecule has 3 atom stereocenters. The second-order valence-corrected chi connectivity index (χ2v) is 10.4. The van der Waals surface area contributed by atoms with Crippen molar-refractivity contribution in [3.63, 3.8) is 0 Å². The SMILES string of the molecule is Cc1ncccc1Sc1c(N)nc(N2CCC3(CC2)C[C@H](C)[C@@H](C(F)(F)F)[C@H]3N)n(C)c1=O. The third kappa shape index (κ3) is 4.21. The molecule has 7 nitrogen and oxygen atoms in total. The van der Waals surface area contributed by atoms with Crippen LogP contribution in [-0.4, -0.2) is 39.8 Å². The lowest BCUT2D eigenvalue weighted by Crippen LogP contribution is -2.51. The van der Waals surface area contributed by atoms with E-state index < -0.39 is 29.5 Å². The smallest absolute Gasteiger partial charge is 0.382 e. The number of nitrogens with zero attached hydrogens (tertiary/aromatic N) is 4. The van der Waals surface area contributed by atoms with Crippen molar-refractivity contribution < 1.29 is 13.2 Å². The Morgan fingerprint density at radius 2 is 1.94 bits per heavy atom. The van der Waals surface area contributed by atoms with Crippen molar-refractivity contribution in [2.45, 2.75) is 55.1 Å². The van der Waals surface area contributed by atoms with Crippen molar-refractivity contribution >= 4 is 23.5 Å². The molecule has 2 aliphatic rings. The van der Waals surface area contributed by atoms with E-state index in [1.807, 2.05) is 17.9 Å². The molecular formula is C22H29F3N6OS. The summed E-state index contributed by atoms with van der Waals surface area (Å²) in [5.41, 5.74) is 12.3. The maximum atomic E-state index is 13.5. The number of hydrogen-bond donors (Lipinski definition) is 2. The van der Waals surface area contributed by atoms with E-state index in [2.05, 4.69) is 9.97 Å². The summed E-state index contributed by atoms with van der Waals surface area (Å²) in [6, 6.07) is 2.74. The molecular weight excluding hydrogens is 453 g/mol. The van der Waals surface area contributed by atoms with Crippen LogP contribution in [0.2, 0.25) is 0 Å². The highest BCUT2D eigenvalue weighted by Crippen LogP contribution is 2.55. The topological polar surface area (TPSA) is 103 Å². The van der Waals surface area contributed by atoms with Crippen molar-refractivity contribution in [2.24, 2.45) is 30.0 Å². The first-order chi connectivity index (χ1) is 15.4. The molecule has 0 bridgehead atoms. The highest BCUT2D eigenvalue weighted by Gasteiger charge is 2.59. The number of anilines is 2. The van der Waals surface area contributed by atoms with Gasteiger partial charge in [0, 0.05) is 37.3 Å². The molecule has 4 N–H and O–H groups in total. The lowest BCUT2D eigenvalue weighted by molar-refractivity contribution is -0.187. The Kier molecular flexibility index (Phi) is 6.15. The average Bonchev–Trinajstić information content (AvgIpc) is 2.99. The van der Waals surface area contributed by atoms with Crippen LogP contribution in [0, 0.1) is 24.2 Å². The van der Waals surface area contributed by atoms with Gasteiger partial charge < -0.3 is 16.4 Å². The summed E-state index contributed by atoms with van der Waals surface area (Å²) in [5.74, 6) is -1.43. The van der Waals surface area contributed by atoms with E-state index >= 15 is 0 Å². The number of aryl methyl sites for hydroxylation is 1. The minimum atomic E-state index is -4.29. The van der Waals surface area contributed by atoms with E-state index in [4.69, 9.17) is 11.5 Å². The number of nitrogen functional groups attached to an aromatic ring is 1. The fourth-order valence-corrected chi connectivity index (χ4v) is 6.45. The number of nitrogens with two attached hydrogens (primary N) is 2. The fraction of sp³-hybridized carbons (Fsp3) is 0.591. The van der Waals surface area contributed by atoms with Crippen molar-refractivity contribution in [3.8, 4) is 0 Å². The van der Waals surface area contributed by atoms with Crippen LogP contribution >= 0.6 is 11.8 Å². The number of halogens is 3. The predicted molar refractivity (Wildman–Crippen MR) is 122 cm³/mol. The Bertz CT molecular complexity index is 1100. The first-order valence-electron chi connectivity index (χ1n) is 11.0. The molecule has 4 rings (SSSR count). The van der Waals surface area contributed by atoms with Crippen molar-refractivity contribution in [2.75, 3.05) is 23.7 Å². The zero-order chi connectivity index (χ0) is 24.1. The van der Waals surface area contributed by atoms with Crippen LogP contribution in [-0.2, 0) is 7.05 Å². The summed E-state index contributed by atoms with van der Waals surface area (Å²) < 4.78 is 42.1. The summed E-state index contributed by atoms with van der Waals surface area (Å²) >= 11 is 1.23. The van der Waals surface area contributed by atoms with Crippen LogP contribution in [0.25, 0.3) is 0 Å². The van der Waals surface area contributed by atoms with Gasteiger partial charge in [-0.25, -0.2) is 0 Å². The normalized spacial score (nSPS) is 25.1. The van der Waals surface area contributed by atoms with Gasteiger partial charge in [-0.1, -0.05) is 18.7 Å². The minimum Gasteiger partial charge on any atom is -0.382 e. The Morgan fingerprint density at radius 1 is 1.27 bits per heavy atom. The molecule has 33 heavy (non-hydrogen) atoms. The quantitative estimate of drug-likeness (QED) is 0.692. The van der Waals surface area contributed by atoms with Gasteiger partial charge in [0.25, 0.3) is 5.56 Å².